The average molecular weight is 446 g/mol. The Kier molecular flexibility index (Phi) is 6.14. The number of nitriles is 1. The molecular formula is C23H18N4O4S. The molecule has 1 N–H and O–H groups in total. The highest BCUT2D eigenvalue weighted by molar-refractivity contribution is 7.22. The Hall–Kier alpha value is -4.16. The fourth-order valence-electron chi connectivity index (χ4n) is 3.00. The molecule has 2 heterocycles. The van der Waals surface area contributed by atoms with Crippen molar-refractivity contribution in [3.05, 3.63) is 65.9 Å². The summed E-state index contributed by atoms with van der Waals surface area (Å²) in [7, 11) is 3.10. The van der Waals surface area contributed by atoms with E-state index >= 15 is 0 Å². The molecule has 0 atom stereocenters. The van der Waals surface area contributed by atoms with Crippen molar-refractivity contribution < 1.29 is 19.0 Å². The van der Waals surface area contributed by atoms with Gasteiger partial charge in [0, 0.05) is 12.3 Å². The highest BCUT2D eigenvalue weighted by Crippen LogP contribution is 2.33. The fraction of sp³-hybridized carbons (Fsp3) is 0.130. The summed E-state index contributed by atoms with van der Waals surface area (Å²) < 4.78 is 17.3. The van der Waals surface area contributed by atoms with Crippen LogP contribution in [0.15, 0.2) is 54.7 Å². The summed E-state index contributed by atoms with van der Waals surface area (Å²) in [5.74, 6) is 1.51. The molecule has 0 saturated carbocycles. The number of fused-ring (bicyclic) bond motifs is 1. The SMILES string of the molecule is COc1ccc2sc(NC(=O)Cc3ccc(Oc4ncccc4C#N)c(OC)c3)nc2c1. The molecule has 4 aromatic rings. The molecule has 0 bridgehead atoms. The van der Waals surface area contributed by atoms with Gasteiger partial charge in [-0.25, -0.2) is 9.97 Å². The molecule has 2 aromatic carbocycles. The van der Waals surface area contributed by atoms with Gasteiger partial charge in [0.1, 0.15) is 17.4 Å². The number of amides is 1. The van der Waals surface area contributed by atoms with Crippen LogP contribution in [0.2, 0.25) is 0 Å². The van der Waals surface area contributed by atoms with Gasteiger partial charge in [0.05, 0.1) is 30.9 Å². The third-order valence-electron chi connectivity index (χ3n) is 4.53. The van der Waals surface area contributed by atoms with Crippen LogP contribution in [0.25, 0.3) is 10.2 Å². The third-order valence-corrected chi connectivity index (χ3v) is 5.48. The lowest BCUT2D eigenvalue weighted by Crippen LogP contribution is -2.14. The predicted molar refractivity (Wildman–Crippen MR) is 121 cm³/mol. The lowest BCUT2D eigenvalue weighted by molar-refractivity contribution is -0.115. The molecule has 0 radical (unpaired) electrons. The normalized spacial score (nSPS) is 10.4. The Balaban J connectivity index is 1.47. The first-order valence-electron chi connectivity index (χ1n) is 9.54. The summed E-state index contributed by atoms with van der Waals surface area (Å²) in [5.41, 5.74) is 1.81. The zero-order chi connectivity index (χ0) is 22.5. The molecule has 9 heteroatoms. The molecule has 160 valence electrons. The monoisotopic (exact) mass is 446 g/mol. The van der Waals surface area contributed by atoms with Crippen LogP contribution in [0.5, 0.6) is 23.1 Å². The van der Waals surface area contributed by atoms with Gasteiger partial charge in [-0.2, -0.15) is 5.26 Å². The molecule has 0 saturated heterocycles. The highest BCUT2D eigenvalue weighted by atomic mass is 32.1. The molecule has 2 aromatic heterocycles. The number of carbonyl (C=O) groups is 1. The third kappa shape index (κ3) is 4.61. The minimum Gasteiger partial charge on any atom is -0.497 e. The molecule has 1 amide bonds. The number of rotatable bonds is 7. The van der Waals surface area contributed by atoms with Crippen LogP contribution in [-0.2, 0) is 11.2 Å². The van der Waals surface area contributed by atoms with E-state index in [1.54, 1.807) is 43.6 Å². The van der Waals surface area contributed by atoms with Crippen molar-refractivity contribution in [2.45, 2.75) is 6.42 Å². The van der Waals surface area contributed by atoms with Crippen LogP contribution in [-0.4, -0.2) is 30.1 Å². The number of hydrogen-bond donors (Lipinski definition) is 1. The van der Waals surface area contributed by atoms with Crippen LogP contribution >= 0.6 is 11.3 Å². The quantitative estimate of drug-likeness (QED) is 0.444. The summed E-state index contributed by atoms with van der Waals surface area (Å²) in [6.45, 7) is 0. The smallest absolute Gasteiger partial charge is 0.237 e. The van der Waals surface area contributed by atoms with Gasteiger partial charge in [-0.1, -0.05) is 17.4 Å². The Bertz CT molecular complexity index is 1330. The fourth-order valence-corrected chi connectivity index (χ4v) is 3.87. The van der Waals surface area contributed by atoms with Crippen LogP contribution in [0.4, 0.5) is 5.13 Å². The maximum Gasteiger partial charge on any atom is 0.237 e. The standard InChI is InChI=1S/C23H18N4O4S/c1-29-16-6-8-20-17(12-16)26-23(32-20)27-21(28)11-14-5-7-18(19(10-14)30-2)31-22-15(13-24)4-3-9-25-22/h3-10,12H,11H2,1-2H3,(H,26,27,28). The van der Waals surface area contributed by atoms with Gasteiger partial charge in [-0.05, 0) is 42.0 Å². The van der Waals surface area contributed by atoms with Crippen molar-refractivity contribution in [3.8, 4) is 29.2 Å². The predicted octanol–water partition coefficient (Wildman–Crippen LogP) is 4.55. The van der Waals surface area contributed by atoms with Gasteiger partial charge in [-0.3, -0.25) is 4.79 Å². The topological polar surface area (TPSA) is 106 Å². The summed E-state index contributed by atoms with van der Waals surface area (Å²) in [6, 6.07) is 16.1. The molecule has 8 nitrogen and oxygen atoms in total. The van der Waals surface area contributed by atoms with Crippen LogP contribution in [0, 0.1) is 11.3 Å². The second-order valence-electron chi connectivity index (χ2n) is 6.63. The minimum absolute atomic E-state index is 0.128. The average Bonchev–Trinajstić information content (AvgIpc) is 3.21. The zero-order valence-corrected chi connectivity index (χ0v) is 18.1. The number of nitrogens with one attached hydrogen (secondary N) is 1. The summed E-state index contributed by atoms with van der Waals surface area (Å²) in [6.07, 6.45) is 1.67. The van der Waals surface area contributed by atoms with Crippen molar-refractivity contribution in [2.75, 3.05) is 19.5 Å². The molecule has 4 rings (SSSR count). The van der Waals surface area contributed by atoms with E-state index in [-0.39, 0.29) is 18.2 Å². The molecular weight excluding hydrogens is 428 g/mol. The summed E-state index contributed by atoms with van der Waals surface area (Å²) >= 11 is 1.39. The number of anilines is 1. The van der Waals surface area contributed by atoms with Gasteiger partial charge in [-0.15, -0.1) is 0 Å². The number of nitrogens with zero attached hydrogens (tertiary/aromatic N) is 3. The number of carbonyl (C=O) groups excluding carboxylic acids is 1. The van der Waals surface area contributed by atoms with Gasteiger partial charge >= 0.3 is 0 Å². The number of pyridine rings is 1. The Morgan fingerprint density at radius 1 is 1.12 bits per heavy atom. The van der Waals surface area contributed by atoms with E-state index in [0.29, 0.717) is 27.9 Å². The van der Waals surface area contributed by atoms with Crippen molar-refractivity contribution >= 4 is 32.6 Å². The molecule has 0 unspecified atom stereocenters. The highest BCUT2D eigenvalue weighted by Gasteiger charge is 2.14. The second-order valence-corrected chi connectivity index (χ2v) is 7.66. The maximum absolute atomic E-state index is 12.6. The summed E-state index contributed by atoms with van der Waals surface area (Å²) in [4.78, 5) is 21.1. The number of thiazole rings is 1. The van der Waals surface area contributed by atoms with Gasteiger partial charge in [0.15, 0.2) is 16.6 Å². The summed E-state index contributed by atoms with van der Waals surface area (Å²) in [5, 5.41) is 12.6. The largest absolute Gasteiger partial charge is 0.497 e. The molecule has 32 heavy (non-hydrogen) atoms. The molecule has 0 aliphatic carbocycles. The van der Waals surface area contributed by atoms with E-state index in [4.69, 9.17) is 14.2 Å². The molecule has 0 aliphatic heterocycles. The molecule has 0 fully saturated rings. The molecule has 0 spiro atoms. The van der Waals surface area contributed by atoms with Crippen molar-refractivity contribution in [3.63, 3.8) is 0 Å². The first-order chi connectivity index (χ1) is 15.6. The lowest BCUT2D eigenvalue weighted by atomic mass is 10.1. The minimum atomic E-state index is -0.205. The first kappa shape index (κ1) is 21.1. The number of ether oxygens (including phenoxy) is 3. The van der Waals surface area contributed by atoms with Gasteiger partial charge in [0.25, 0.3) is 0 Å². The van der Waals surface area contributed by atoms with Crippen LogP contribution in [0.1, 0.15) is 11.1 Å². The Morgan fingerprint density at radius 2 is 2.00 bits per heavy atom. The van der Waals surface area contributed by atoms with Crippen molar-refractivity contribution in [1.82, 2.24) is 9.97 Å². The number of aromatic nitrogens is 2. The number of hydrogen-bond acceptors (Lipinski definition) is 8. The van der Waals surface area contributed by atoms with Crippen molar-refractivity contribution in [1.29, 1.82) is 5.26 Å². The van der Waals surface area contributed by atoms with Crippen LogP contribution < -0.4 is 19.5 Å². The Morgan fingerprint density at radius 3 is 2.78 bits per heavy atom. The van der Waals surface area contributed by atoms with E-state index in [9.17, 15) is 10.1 Å². The molecule has 0 aliphatic rings. The van der Waals surface area contributed by atoms with Crippen molar-refractivity contribution in [2.24, 2.45) is 0 Å². The van der Waals surface area contributed by atoms with E-state index in [0.717, 1.165) is 15.8 Å². The first-order valence-corrected chi connectivity index (χ1v) is 10.4. The van der Waals surface area contributed by atoms with E-state index in [1.807, 2.05) is 24.3 Å². The lowest BCUT2D eigenvalue weighted by Gasteiger charge is -2.12. The maximum atomic E-state index is 12.6. The van der Waals surface area contributed by atoms with Gasteiger partial charge in [0.2, 0.25) is 11.8 Å². The van der Waals surface area contributed by atoms with Gasteiger partial charge < -0.3 is 19.5 Å². The van der Waals surface area contributed by atoms with Crippen LogP contribution in [0.3, 0.4) is 0 Å². The number of benzene rings is 2. The zero-order valence-electron chi connectivity index (χ0n) is 17.3. The van der Waals surface area contributed by atoms with E-state index in [2.05, 4.69) is 15.3 Å². The van der Waals surface area contributed by atoms with E-state index < -0.39 is 0 Å². The Labute approximate surface area is 188 Å². The second kappa shape index (κ2) is 9.32. The number of methoxy groups -OCH3 is 2. The van der Waals surface area contributed by atoms with E-state index in [1.165, 1.54) is 18.4 Å².